The quantitative estimate of drug-likeness (QED) is 0.899. The fraction of sp³-hybridized carbons (Fsp3) is 0.100. The molecule has 2 nitrogen and oxygen atoms in total. The lowest BCUT2D eigenvalue weighted by molar-refractivity contribution is 0.878. The van der Waals surface area contributed by atoms with Gasteiger partial charge < -0.3 is 5.73 Å². The van der Waals surface area contributed by atoms with Gasteiger partial charge in [0.05, 0.1) is 6.04 Å². The van der Waals surface area contributed by atoms with Crippen molar-refractivity contribution < 1.29 is 0 Å². The molecule has 0 bridgehead atoms. The van der Waals surface area contributed by atoms with E-state index in [1.807, 2.05) is 17.5 Å². The van der Waals surface area contributed by atoms with Gasteiger partial charge in [0.1, 0.15) is 0 Å². The summed E-state index contributed by atoms with van der Waals surface area (Å²) in [5.74, 6) is 0. The van der Waals surface area contributed by atoms with Crippen LogP contribution in [0.15, 0.2) is 38.9 Å². The van der Waals surface area contributed by atoms with Crippen molar-refractivity contribution in [1.29, 1.82) is 0 Å². The molecule has 1 atom stereocenters. The summed E-state index contributed by atoms with van der Waals surface area (Å²) in [5, 5.41) is 2.02. The van der Waals surface area contributed by atoms with E-state index in [1.54, 1.807) is 23.7 Å². The Balaban J connectivity index is 2.36. The van der Waals surface area contributed by atoms with Gasteiger partial charge in [-0.15, -0.1) is 11.3 Å². The number of nitrogens with zero attached hydrogens (tertiary/aromatic N) is 1. The summed E-state index contributed by atoms with van der Waals surface area (Å²) in [7, 11) is 0. The lowest BCUT2D eigenvalue weighted by atomic mass is 10.1. The first-order valence-electron chi connectivity index (χ1n) is 4.27. The lowest BCUT2D eigenvalue weighted by Gasteiger charge is -2.10. The monoisotopic (exact) mass is 346 g/mol. The fourth-order valence-electron chi connectivity index (χ4n) is 1.28. The summed E-state index contributed by atoms with van der Waals surface area (Å²) < 4.78 is 2.00. The minimum atomic E-state index is -0.121. The first-order valence-corrected chi connectivity index (χ1v) is 6.74. The molecular formula is C10H8Br2N2S. The van der Waals surface area contributed by atoms with Gasteiger partial charge in [-0.05, 0) is 54.9 Å². The summed E-state index contributed by atoms with van der Waals surface area (Å²) in [6, 6.07) is 3.87. The number of nitrogens with two attached hydrogens (primary N) is 1. The molecule has 15 heavy (non-hydrogen) atoms. The Morgan fingerprint density at radius 1 is 1.33 bits per heavy atom. The Labute approximate surface area is 109 Å². The minimum Gasteiger partial charge on any atom is -0.320 e. The second-order valence-corrected chi connectivity index (χ2v) is 5.76. The standard InChI is InChI=1S/C10H8Br2N2S/c11-7-3-6(4-14-5-7)9(13)10-8(12)1-2-15-10/h1-5,9H,13H2. The number of hydrogen-bond donors (Lipinski definition) is 1. The highest BCUT2D eigenvalue weighted by molar-refractivity contribution is 9.10. The molecule has 0 amide bonds. The first kappa shape index (κ1) is 11.3. The van der Waals surface area contributed by atoms with E-state index in [-0.39, 0.29) is 6.04 Å². The van der Waals surface area contributed by atoms with Gasteiger partial charge in [-0.3, -0.25) is 4.98 Å². The van der Waals surface area contributed by atoms with Crippen LogP contribution in [0, 0.1) is 0 Å². The van der Waals surface area contributed by atoms with Crippen molar-refractivity contribution in [3.05, 3.63) is 49.3 Å². The smallest absolute Gasteiger partial charge is 0.0672 e. The number of hydrogen-bond acceptors (Lipinski definition) is 3. The van der Waals surface area contributed by atoms with Crippen LogP contribution < -0.4 is 5.73 Å². The molecular weight excluding hydrogens is 340 g/mol. The highest BCUT2D eigenvalue weighted by atomic mass is 79.9. The zero-order valence-corrected chi connectivity index (χ0v) is 11.6. The van der Waals surface area contributed by atoms with Crippen molar-refractivity contribution in [2.45, 2.75) is 6.04 Å². The van der Waals surface area contributed by atoms with Crippen molar-refractivity contribution in [2.75, 3.05) is 0 Å². The highest BCUT2D eigenvalue weighted by Gasteiger charge is 2.13. The Morgan fingerprint density at radius 2 is 2.13 bits per heavy atom. The van der Waals surface area contributed by atoms with Crippen LogP contribution >= 0.6 is 43.2 Å². The molecule has 0 radical (unpaired) electrons. The molecule has 0 aliphatic rings. The van der Waals surface area contributed by atoms with E-state index < -0.39 is 0 Å². The third-order valence-electron chi connectivity index (χ3n) is 2.01. The summed E-state index contributed by atoms with van der Waals surface area (Å²) in [5.41, 5.74) is 7.16. The number of rotatable bonds is 2. The van der Waals surface area contributed by atoms with Gasteiger partial charge in [0.25, 0.3) is 0 Å². The average Bonchev–Trinajstić information content (AvgIpc) is 2.63. The number of pyridine rings is 1. The molecule has 78 valence electrons. The van der Waals surface area contributed by atoms with Crippen molar-refractivity contribution >= 4 is 43.2 Å². The second-order valence-electron chi connectivity index (χ2n) is 3.05. The lowest BCUT2D eigenvalue weighted by Crippen LogP contribution is -2.10. The predicted octanol–water partition coefficient (Wildman–Crippen LogP) is 3.72. The van der Waals surface area contributed by atoms with Crippen molar-refractivity contribution in [1.82, 2.24) is 4.98 Å². The van der Waals surface area contributed by atoms with E-state index in [0.717, 1.165) is 19.4 Å². The summed E-state index contributed by atoms with van der Waals surface area (Å²) in [6.07, 6.45) is 3.54. The molecule has 1 unspecified atom stereocenters. The number of halogens is 2. The largest absolute Gasteiger partial charge is 0.320 e. The Bertz CT molecular complexity index is 470. The molecule has 0 aliphatic carbocycles. The van der Waals surface area contributed by atoms with E-state index in [0.29, 0.717) is 0 Å². The summed E-state index contributed by atoms with van der Waals surface area (Å²) in [6.45, 7) is 0. The number of thiophene rings is 1. The maximum atomic E-state index is 6.15. The molecule has 0 aromatic carbocycles. The Hall–Kier alpha value is -0.230. The molecule has 0 spiro atoms. The molecule has 0 saturated heterocycles. The molecule has 0 fully saturated rings. The average molecular weight is 348 g/mol. The van der Waals surface area contributed by atoms with Crippen LogP contribution in [0.2, 0.25) is 0 Å². The van der Waals surface area contributed by atoms with Crippen LogP contribution in [0.4, 0.5) is 0 Å². The van der Waals surface area contributed by atoms with Crippen LogP contribution in [0.1, 0.15) is 16.5 Å². The summed E-state index contributed by atoms with van der Waals surface area (Å²) in [4.78, 5) is 5.23. The molecule has 2 N–H and O–H groups in total. The van der Waals surface area contributed by atoms with Crippen molar-refractivity contribution in [2.24, 2.45) is 5.73 Å². The van der Waals surface area contributed by atoms with Crippen LogP contribution in [0.3, 0.4) is 0 Å². The van der Waals surface area contributed by atoms with Crippen LogP contribution in [0.25, 0.3) is 0 Å². The van der Waals surface area contributed by atoms with Gasteiger partial charge in [-0.2, -0.15) is 0 Å². The van der Waals surface area contributed by atoms with Crippen molar-refractivity contribution in [3.8, 4) is 0 Å². The van der Waals surface area contributed by atoms with Gasteiger partial charge in [0, 0.05) is 26.2 Å². The normalized spacial score (nSPS) is 12.7. The maximum Gasteiger partial charge on any atom is 0.0672 e. The predicted molar refractivity (Wildman–Crippen MR) is 70.0 cm³/mol. The maximum absolute atomic E-state index is 6.15. The van der Waals surface area contributed by atoms with Gasteiger partial charge in [-0.25, -0.2) is 0 Å². The Morgan fingerprint density at radius 3 is 2.73 bits per heavy atom. The molecule has 2 rings (SSSR count). The van der Waals surface area contributed by atoms with Crippen molar-refractivity contribution in [3.63, 3.8) is 0 Å². The van der Waals surface area contributed by atoms with Gasteiger partial charge >= 0.3 is 0 Å². The van der Waals surface area contributed by atoms with E-state index >= 15 is 0 Å². The molecule has 0 aliphatic heterocycles. The van der Waals surface area contributed by atoms with Crippen LogP contribution in [-0.2, 0) is 0 Å². The number of aromatic nitrogens is 1. The van der Waals surface area contributed by atoms with Gasteiger partial charge in [-0.1, -0.05) is 0 Å². The molecule has 2 aromatic rings. The van der Waals surface area contributed by atoms with E-state index in [1.165, 1.54) is 0 Å². The third-order valence-corrected chi connectivity index (χ3v) is 4.40. The van der Waals surface area contributed by atoms with E-state index in [9.17, 15) is 0 Å². The zero-order chi connectivity index (χ0) is 10.8. The SMILES string of the molecule is NC(c1cncc(Br)c1)c1sccc1Br. The zero-order valence-electron chi connectivity index (χ0n) is 7.65. The molecule has 2 aromatic heterocycles. The minimum absolute atomic E-state index is 0.121. The summed E-state index contributed by atoms with van der Waals surface area (Å²) >= 11 is 8.51. The van der Waals surface area contributed by atoms with Crippen LogP contribution in [-0.4, -0.2) is 4.98 Å². The van der Waals surface area contributed by atoms with Crippen LogP contribution in [0.5, 0.6) is 0 Å². The highest BCUT2D eigenvalue weighted by Crippen LogP contribution is 2.31. The Kier molecular flexibility index (Phi) is 3.56. The third kappa shape index (κ3) is 2.47. The molecule has 0 saturated carbocycles. The van der Waals surface area contributed by atoms with Gasteiger partial charge in [0.15, 0.2) is 0 Å². The first-order chi connectivity index (χ1) is 7.18. The fourth-order valence-corrected chi connectivity index (χ4v) is 3.31. The van der Waals surface area contributed by atoms with Gasteiger partial charge in [0.2, 0.25) is 0 Å². The van der Waals surface area contributed by atoms with E-state index in [2.05, 4.69) is 36.8 Å². The topological polar surface area (TPSA) is 38.9 Å². The molecule has 5 heteroatoms. The molecule has 2 heterocycles. The second kappa shape index (κ2) is 4.74. The van der Waals surface area contributed by atoms with E-state index in [4.69, 9.17) is 5.73 Å².